The highest BCUT2D eigenvalue weighted by Gasteiger charge is 2.29. The molecule has 0 aromatic heterocycles. The fourth-order valence-electron chi connectivity index (χ4n) is 1.93. The highest BCUT2D eigenvalue weighted by molar-refractivity contribution is 5.84. The Balaban J connectivity index is 2.42. The van der Waals surface area contributed by atoms with Gasteiger partial charge in [-0.25, -0.2) is 9.59 Å². The molecule has 0 aromatic rings. The second-order valence-corrected chi connectivity index (χ2v) is 4.37. The fourth-order valence-corrected chi connectivity index (χ4v) is 1.93. The van der Waals surface area contributed by atoms with E-state index in [1.165, 1.54) is 4.90 Å². The van der Waals surface area contributed by atoms with Crippen molar-refractivity contribution in [2.45, 2.75) is 20.0 Å². The number of carbonyl (C=O) groups excluding carboxylic acids is 2. The lowest BCUT2D eigenvalue weighted by molar-refractivity contribution is -0.154. The number of urea groups is 1. The van der Waals surface area contributed by atoms with E-state index in [9.17, 15) is 14.4 Å². The molecule has 1 aliphatic heterocycles. The third-order valence-electron chi connectivity index (χ3n) is 3.14. The Bertz CT molecular complexity index is 370. The standard InChI is InChI=1S/C12H21N3O5/c1-3-14(4-2)10(16)7-13-12(19)15-5-6-20-9(8-15)11(17)18/h9H,3-8H2,1-2H3,(H,13,19)(H,17,18). The molecule has 1 unspecified atom stereocenters. The molecule has 0 aromatic carbocycles. The summed E-state index contributed by atoms with van der Waals surface area (Å²) in [5.41, 5.74) is 0. The summed E-state index contributed by atoms with van der Waals surface area (Å²) < 4.78 is 5.02. The minimum atomic E-state index is -1.10. The lowest BCUT2D eigenvalue weighted by atomic mass is 10.3. The highest BCUT2D eigenvalue weighted by Crippen LogP contribution is 2.05. The number of hydrogen-bond donors (Lipinski definition) is 2. The average Bonchev–Trinajstić information content (AvgIpc) is 2.46. The molecule has 1 heterocycles. The molecular formula is C12H21N3O5. The molecule has 0 spiro atoms. The topological polar surface area (TPSA) is 99.2 Å². The molecule has 1 rings (SSSR count). The molecule has 8 heteroatoms. The molecule has 8 nitrogen and oxygen atoms in total. The van der Waals surface area contributed by atoms with Crippen LogP contribution in [0.2, 0.25) is 0 Å². The van der Waals surface area contributed by atoms with Gasteiger partial charge in [-0.15, -0.1) is 0 Å². The largest absolute Gasteiger partial charge is 0.479 e. The number of amides is 3. The van der Waals surface area contributed by atoms with Crippen molar-refractivity contribution in [3.05, 3.63) is 0 Å². The first kappa shape index (κ1) is 16.2. The molecule has 0 radical (unpaired) electrons. The minimum Gasteiger partial charge on any atom is -0.479 e. The first-order chi connectivity index (χ1) is 9.49. The summed E-state index contributed by atoms with van der Waals surface area (Å²) in [6.45, 7) is 5.29. The number of hydrogen-bond acceptors (Lipinski definition) is 4. The van der Waals surface area contributed by atoms with E-state index in [1.807, 2.05) is 13.8 Å². The van der Waals surface area contributed by atoms with Crippen molar-refractivity contribution < 1.29 is 24.2 Å². The Morgan fingerprint density at radius 2 is 2.00 bits per heavy atom. The summed E-state index contributed by atoms with van der Waals surface area (Å²) in [4.78, 5) is 37.4. The number of nitrogens with zero attached hydrogens (tertiary/aromatic N) is 2. The van der Waals surface area contributed by atoms with E-state index in [1.54, 1.807) is 4.90 Å². The van der Waals surface area contributed by atoms with Gasteiger partial charge in [-0.05, 0) is 13.8 Å². The van der Waals surface area contributed by atoms with Crippen LogP contribution in [0.15, 0.2) is 0 Å². The van der Waals surface area contributed by atoms with E-state index in [4.69, 9.17) is 9.84 Å². The lowest BCUT2D eigenvalue weighted by Gasteiger charge is -2.31. The Labute approximate surface area is 117 Å². The molecule has 20 heavy (non-hydrogen) atoms. The third kappa shape index (κ3) is 4.37. The highest BCUT2D eigenvalue weighted by atomic mass is 16.5. The maximum Gasteiger partial charge on any atom is 0.334 e. The van der Waals surface area contributed by atoms with Crippen LogP contribution >= 0.6 is 0 Å². The number of carboxylic acids is 1. The fraction of sp³-hybridized carbons (Fsp3) is 0.750. The first-order valence-corrected chi connectivity index (χ1v) is 6.64. The Morgan fingerprint density at radius 3 is 2.55 bits per heavy atom. The van der Waals surface area contributed by atoms with E-state index < -0.39 is 18.1 Å². The SMILES string of the molecule is CCN(CC)C(=O)CNC(=O)N1CCOC(C(=O)O)C1. The Hall–Kier alpha value is -1.83. The minimum absolute atomic E-state index is 0.0133. The smallest absolute Gasteiger partial charge is 0.334 e. The van der Waals surface area contributed by atoms with Gasteiger partial charge < -0.3 is 25.0 Å². The molecule has 2 N–H and O–H groups in total. The van der Waals surface area contributed by atoms with Crippen molar-refractivity contribution in [1.29, 1.82) is 0 Å². The van der Waals surface area contributed by atoms with Gasteiger partial charge in [-0.3, -0.25) is 4.79 Å². The van der Waals surface area contributed by atoms with Gasteiger partial charge in [0.05, 0.1) is 19.7 Å². The molecule has 1 fully saturated rings. The molecule has 1 aliphatic rings. The summed E-state index contributed by atoms with van der Waals surface area (Å²) in [6.07, 6.45) is -1.01. The molecule has 0 aliphatic carbocycles. The van der Waals surface area contributed by atoms with Crippen molar-refractivity contribution in [3.63, 3.8) is 0 Å². The van der Waals surface area contributed by atoms with Gasteiger partial charge >= 0.3 is 12.0 Å². The summed E-state index contributed by atoms with van der Waals surface area (Å²) in [5.74, 6) is -1.26. The third-order valence-corrected chi connectivity index (χ3v) is 3.14. The second-order valence-electron chi connectivity index (χ2n) is 4.37. The zero-order chi connectivity index (χ0) is 15.1. The number of likely N-dealkylation sites (N-methyl/N-ethyl adjacent to an activating group) is 1. The zero-order valence-corrected chi connectivity index (χ0v) is 11.8. The van der Waals surface area contributed by atoms with Gasteiger partial charge in [0.25, 0.3) is 0 Å². The van der Waals surface area contributed by atoms with Gasteiger partial charge in [0.15, 0.2) is 6.10 Å². The van der Waals surface area contributed by atoms with Gasteiger partial charge in [-0.1, -0.05) is 0 Å². The Kier molecular flexibility index (Phi) is 6.23. The van der Waals surface area contributed by atoms with Crippen LogP contribution in [0.5, 0.6) is 0 Å². The predicted molar refractivity (Wildman–Crippen MR) is 70.3 cm³/mol. The van der Waals surface area contributed by atoms with Gasteiger partial charge in [-0.2, -0.15) is 0 Å². The Morgan fingerprint density at radius 1 is 1.35 bits per heavy atom. The van der Waals surface area contributed by atoms with Crippen LogP contribution in [0.4, 0.5) is 4.79 Å². The number of aliphatic carboxylic acids is 1. The monoisotopic (exact) mass is 287 g/mol. The molecule has 0 bridgehead atoms. The number of morpholine rings is 1. The number of carbonyl (C=O) groups is 3. The van der Waals surface area contributed by atoms with Crippen LogP contribution in [0.3, 0.4) is 0 Å². The van der Waals surface area contributed by atoms with E-state index in [2.05, 4.69) is 5.32 Å². The van der Waals surface area contributed by atoms with Crippen molar-refractivity contribution in [2.24, 2.45) is 0 Å². The van der Waals surface area contributed by atoms with Crippen molar-refractivity contribution >= 4 is 17.9 Å². The van der Waals surface area contributed by atoms with Crippen LogP contribution in [-0.2, 0) is 14.3 Å². The van der Waals surface area contributed by atoms with Crippen LogP contribution in [0, 0.1) is 0 Å². The first-order valence-electron chi connectivity index (χ1n) is 6.64. The predicted octanol–water partition coefficient (Wildman–Crippen LogP) is -0.650. The van der Waals surface area contributed by atoms with Gasteiger partial charge in [0.1, 0.15) is 0 Å². The summed E-state index contributed by atoms with van der Waals surface area (Å²) in [6, 6.07) is -0.444. The lowest BCUT2D eigenvalue weighted by Crippen LogP contribution is -2.53. The number of nitrogens with one attached hydrogen (secondary N) is 1. The molecule has 0 saturated carbocycles. The second kappa shape index (κ2) is 7.68. The summed E-state index contributed by atoms with van der Waals surface area (Å²) in [5, 5.41) is 11.4. The molecule has 3 amide bonds. The quantitative estimate of drug-likeness (QED) is 0.700. The van der Waals surface area contributed by atoms with Crippen molar-refractivity contribution in [3.8, 4) is 0 Å². The number of rotatable bonds is 5. The van der Waals surface area contributed by atoms with Crippen LogP contribution in [0.25, 0.3) is 0 Å². The van der Waals surface area contributed by atoms with E-state index in [-0.39, 0.29) is 25.6 Å². The van der Waals surface area contributed by atoms with Gasteiger partial charge in [0.2, 0.25) is 5.91 Å². The number of carboxylic acid groups (broad SMARTS) is 1. The maximum atomic E-state index is 11.9. The summed E-state index contributed by atoms with van der Waals surface area (Å²) in [7, 11) is 0. The van der Waals surface area contributed by atoms with Gasteiger partial charge in [0, 0.05) is 19.6 Å². The van der Waals surface area contributed by atoms with Crippen LogP contribution in [0.1, 0.15) is 13.8 Å². The molecular weight excluding hydrogens is 266 g/mol. The summed E-state index contributed by atoms with van der Waals surface area (Å²) >= 11 is 0. The normalized spacial score (nSPS) is 18.5. The van der Waals surface area contributed by atoms with E-state index in [0.29, 0.717) is 19.6 Å². The van der Waals surface area contributed by atoms with E-state index in [0.717, 1.165) is 0 Å². The zero-order valence-electron chi connectivity index (χ0n) is 11.8. The molecule has 1 atom stereocenters. The average molecular weight is 287 g/mol. The maximum absolute atomic E-state index is 11.9. The molecule has 114 valence electrons. The van der Waals surface area contributed by atoms with E-state index >= 15 is 0 Å². The van der Waals surface area contributed by atoms with Crippen LogP contribution in [-0.4, -0.2) is 78.2 Å². The van der Waals surface area contributed by atoms with Crippen molar-refractivity contribution in [2.75, 3.05) is 39.3 Å². The van der Waals surface area contributed by atoms with Crippen molar-refractivity contribution in [1.82, 2.24) is 15.1 Å². The molecule has 1 saturated heterocycles. The van der Waals surface area contributed by atoms with Crippen LogP contribution < -0.4 is 5.32 Å². The number of ether oxygens (including phenoxy) is 1.